The van der Waals surface area contributed by atoms with Gasteiger partial charge in [-0.1, -0.05) is 75.0 Å². The van der Waals surface area contributed by atoms with E-state index in [9.17, 15) is 24.0 Å². The van der Waals surface area contributed by atoms with Gasteiger partial charge < -0.3 is 25.6 Å². The van der Waals surface area contributed by atoms with E-state index in [1.807, 2.05) is 30.3 Å². The number of carbonyl (C=O) groups excluding carboxylic acids is 3. The molecular formula is C39H58ClN5O5S. The third-order valence-electron chi connectivity index (χ3n) is 10.7. The van der Waals surface area contributed by atoms with E-state index in [-0.39, 0.29) is 34.1 Å². The molecule has 1 aliphatic carbocycles. The fourth-order valence-electron chi connectivity index (χ4n) is 8.26. The van der Waals surface area contributed by atoms with Gasteiger partial charge in [0, 0.05) is 47.9 Å². The number of hydrogen-bond donors (Lipinski definition) is 5. The topological polar surface area (TPSA) is 144 Å². The van der Waals surface area contributed by atoms with Crippen molar-refractivity contribution in [3.63, 3.8) is 0 Å². The molecule has 2 heterocycles. The second-order valence-corrected chi connectivity index (χ2v) is 17.4. The second-order valence-electron chi connectivity index (χ2n) is 16.3. The van der Waals surface area contributed by atoms with E-state index in [1.54, 1.807) is 13.8 Å². The second kappa shape index (κ2) is 18.0. The van der Waals surface area contributed by atoms with Crippen molar-refractivity contribution < 1.29 is 24.0 Å². The molecular weight excluding hydrogens is 686 g/mol. The SMILES string of the molecule is CC(=O)C(SO)C(C)(C)[C@H](NC(=O)c1ccnc(Cl)c1)C(=O)NC(Cc1ccccc1)C(O)CN1CC2CCCC[C@H]2CC1C(C)NC(C)(C)C. The first-order chi connectivity index (χ1) is 24.0. The molecule has 51 heavy (non-hydrogen) atoms. The van der Waals surface area contributed by atoms with E-state index in [1.165, 1.54) is 50.9 Å². The number of aliphatic hydroxyl groups is 1. The zero-order chi connectivity index (χ0) is 37.5. The fraction of sp³-hybridized carbons (Fsp3) is 0.641. The maximum absolute atomic E-state index is 14.5. The van der Waals surface area contributed by atoms with Crippen LogP contribution in [-0.2, 0) is 16.0 Å². The highest BCUT2D eigenvalue weighted by Gasteiger charge is 2.46. The van der Waals surface area contributed by atoms with Gasteiger partial charge in [0.05, 0.1) is 17.4 Å². The number of nitrogens with one attached hydrogen (secondary N) is 3. The van der Waals surface area contributed by atoms with E-state index in [2.05, 4.69) is 53.5 Å². The molecule has 1 saturated carbocycles. The Balaban J connectivity index is 1.65. The van der Waals surface area contributed by atoms with Crippen LogP contribution < -0.4 is 16.0 Å². The fourth-order valence-corrected chi connectivity index (χ4v) is 8.99. The van der Waals surface area contributed by atoms with Crippen LogP contribution in [0.25, 0.3) is 0 Å². The van der Waals surface area contributed by atoms with Crippen molar-refractivity contribution in [2.24, 2.45) is 17.3 Å². The highest BCUT2D eigenvalue weighted by Crippen LogP contribution is 2.40. The molecule has 2 amide bonds. The van der Waals surface area contributed by atoms with Crippen LogP contribution >= 0.6 is 23.6 Å². The number of rotatable bonds is 15. The van der Waals surface area contributed by atoms with Gasteiger partial charge in [0.1, 0.15) is 17.0 Å². The number of ketones is 1. The Kier molecular flexibility index (Phi) is 14.5. The van der Waals surface area contributed by atoms with Crippen LogP contribution in [0.3, 0.4) is 0 Å². The molecule has 1 aromatic carbocycles. The largest absolute Gasteiger partial charge is 0.390 e. The minimum Gasteiger partial charge on any atom is -0.390 e. The zero-order valence-corrected chi connectivity index (χ0v) is 32.8. The lowest BCUT2D eigenvalue weighted by Crippen LogP contribution is -2.63. The van der Waals surface area contributed by atoms with Gasteiger partial charge in [-0.25, -0.2) is 4.98 Å². The lowest BCUT2D eigenvalue weighted by atomic mass is 9.71. The molecule has 0 spiro atoms. The Hall–Kier alpha value is -2.54. The standard InChI is InChI=1S/C39H58ClN5O5S/c1-24(44-38(3,4)5)31-20-27-15-11-12-16-29(27)22-45(31)23-32(47)30(19-26-13-9-8-10-14-26)42-37(49)34(39(6,7)35(51-50)25(2)46)43-36(48)28-17-18-41-33(40)21-28/h8-10,13-14,17-18,21,24,27,29-32,34-35,44,47,50H,11-12,15-16,19-20,22-23H2,1-7H3,(H,42,49)(H,43,48)/t24?,27-,29?,30?,31?,32?,34+,35?/m0/s1. The van der Waals surface area contributed by atoms with Gasteiger partial charge in [-0.2, -0.15) is 0 Å². The van der Waals surface area contributed by atoms with Gasteiger partial charge in [-0.05, 0) is 95.5 Å². The number of aromatic nitrogens is 1. The van der Waals surface area contributed by atoms with Gasteiger partial charge in [0.2, 0.25) is 5.91 Å². The summed E-state index contributed by atoms with van der Waals surface area (Å²) in [5.41, 5.74) is -0.192. The summed E-state index contributed by atoms with van der Waals surface area (Å²) < 4.78 is 10.2. The Morgan fingerprint density at radius 3 is 2.31 bits per heavy atom. The molecule has 2 fully saturated rings. The number of β-amino-alcohol motifs (C(OH)–C–C–N with tert-alkyl or cyclic N) is 1. The first-order valence-corrected chi connectivity index (χ1v) is 19.5. The number of amides is 2. The van der Waals surface area contributed by atoms with Crippen molar-refractivity contribution in [2.75, 3.05) is 13.1 Å². The number of Topliss-reactive ketones (excluding diaryl/α,β-unsaturated/α-hetero) is 1. The number of piperidine rings is 1. The van der Waals surface area contributed by atoms with Gasteiger partial charge in [0.25, 0.3) is 5.91 Å². The molecule has 1 aliphatic heterocycles. The number of nitrogens with zero attached hydrogens (tertiary/aromatic N) is 2. The van der Waals surface area contributed by atoms with Gasteiger partial charge in [-0.3, -0.25) is 19.3 Å². The Morgan fingerprint density at radius 1 is 1.04 bits per heavy atom. The van der Waals surface area contributed by atoms with Gasteiger partial charge >= 0.3 is 0 Å². The normalized spacial score (nSPS) is 22.9. The summed E-state index contributed by atoms with van der Waals surface area (Å²) in [5, 5.41) is 20.9. The smallest absolute Gasteiger partial charge is 0.252 e. The summed E-state index contributed by atoms with van der Waals surface area (Å²) in [6, 6.07) is 11.0. The number of pyridine rings is 1. The van der Waals surface area contributed by atoms with Crippen LogP contribution in [0.15, 0.2) is 48.7 Å². The first-order valence-electron chi connectivity index (χ1n) is 18.3. The molecule has 10 nitrogen and oxygen atoms in total. The van der Waals surface area contributed by atoms with E-state index < -0.39 is 40.7 Å². The molecule has 4 rings (SSSR count). The molecule has 12 heteroatoms. The summed E-state index contributed by atoms with van der Waals surface area (Å²) >= 11 is 6.41. The molecule has 0 bridgehead atoms. The molecule has 5 N–H and O–H groups in total. The first kappa shape index (κ1) is 41.2. The predicted molar refractivity (Wildman–Crippen MR) is 205 cm³/mol. The maximum Gasteiger partial charge on any atom is 0.252 e. The van der Waals surface area contributed by atoms with E-state index >= 15 is 0 Å². The summed E-state index contributed by atoms with van der Waals surface area (Å²) in [5.74, 6) is -0.257. The van der Waals surface area contributed by atoms with Crippen molar-refractivity contribution in [3.8, 4) is 0 Å². The molecule has 2 aliphatic rings. The summed E-state index contributed by atoms with van der Waals surface area (Å²) in [6.45, 7) is 14.7. The van der Waals surface area contributed by atoms with Crippen LogP contribution in [0.1, 0.15) is 96.5 Å². The summed E-state index contributed by atoms with van der Waals surface area (Å²) in [6.07, 6.45) is 6.78. The number of benzene rings is 1. The Labute approximate surface area is 313 Å². The third-order valence-corrected chi connectivity index (χ3v) is 12.1. The van der Waals surface area contributed by atoms with E-state index in [0.29, 0.717) is 36.8 Å². The Morgan fingerprint density at radius 2 is 1.71 bits per heavy atom. The third kappa shape index (κ3) is 11.2. The van der Waals surface area contributed by atoms with E-state index in [4.69, 9.17) is 11.6 Å². The number of halogens is 1. The molecule has 2 aromatic rings. The van der Waals surface area contributed by atoms with Crippen molar-refractivity contribution >= 4 is 41.2 Å². The van der Waals surface area contributed by atoms with Crippen LogP contribution in [0.5, 0.6) is 0 Å². The molecule has 1 aromatic heterocycles. The molecule has 8 atom stereocenters. The van der Waals surface area contributed by atoms with Crippen molar-refractivity contribution in [1.29, 1.82) is 0 Å². The average molecular weight is 744 g/mol. The number of likely N-dealkylation sites (tertiary alicyclic amines) is 1. The number of hydrogen-bond acceptors (Lipinski definition) is 9. The van der Waals surface area contributed by atoms with Gasteiger partial charge in [-0.15, -0.1) is 0 Å². The highest BCUT2D eigenvalue weighted by atomic mass is 35.5. The summed E-state index contributed by atoms with van der Waals surface area (Å²) in [7, 11) is 0. The molecule has 6 unspecified atom stereocenters. The predicted octanol–water partition coefficient (Wildman–Crippen LogP) is 5.77. The minimum absolute atomic E-state index is 0.0740. The molecule has 1 saturated heterocycles. The lowest BCUT2D eigenvalue weighted by molar-refractivity contribution is -0.128. The molecule has 0 radical (unpaired) electrons. The number of fused-ring (bicyclic) bond motifs is 1. The quantitative estimate of drug-likeness (QED) is 0.114. The number of carbonyl (C=O) groups is 3. The van der Waals surface area contributed by atoms with Crippen molar-refractivity contribution in [2.45, 2.75) is 128 Å². The van der Waals surface area contributed by atoms with Crippen LogP contribution in [0.4, 0.5) is 0 Å². The Bertz CT molecular complexity index is 1470. The van der Waals surface area contributed by atoms with Crippen molar-refractivity contribution in [1.82, 2.24) is 25.8 Å². The van der Waals surface area contributed by atoms with Crippen LogP contribution in [0, 0.1) is 17.3 Å². The van der Waals surface area contributed by atoms with Crippen LogP contribution in [-0.4, -0.2) is 91.3 Å². The monoisotopic (exact) mass is 743 g/mol. The van der Waals surface area contributed by atoms with E-state index in [0.717, 1.165) is 18.5 Å². The van der Waals surface area contributed by atoms with Gasteiger partial charge in [0.15, 0.2) is 0 Å². The number of aliphatic hydroxyl groups excluding tert-OH is 1. The maximum atomic E-state index is 14.5. The molecule has 282 valence electrons. The van der Waals surface area contributed by atoms with Crippen molar-refractivity contribution in [3.05, 3.63) is 64.9 Å². The van der Waals surface area contributed by atoms with Crippen LogP contribution in [0.2, 0.25) is 5.15 Å². The average Bonchev–Trinajstić information content (AvgIpc) is 3.06. The summed E-state index contributed by atoms with van der Waals surface area (Å²) in [4.78, 5) is 47.1. The highest BCUT2D eigenvalue weighted by molar-refractivity contribution is 7.95. The zero-order valence-electron chi connectivity index (χ0n) is 31.2. The minimum atomic E-state index is -1.27. The lowest BCUT2D eigenvalue weighted by Gasteiger charge is -2.50.